The van der Waals surface area contributed by atoms with Crippen molar-refractivity contribution in [3.8, 4) is 0 Å². The van der Waals surface area contributed by atoms with Gasteiger partial charge in [0, 0.05) is 30.7 Å². The van der Waals surface area contributed by atoms with Gasteiger partial charge in [0.2, 0.25) is 5.91 Å². The van der Waals surface area contributed by atoms with Gasteiger partial charge in [-0.15, -0.1) is 0 Å². The van der Waals surface area contributed by atoms with Crippen LogP contribution in [0.1, 0.15) is 38.5 Å². The fourth-order valence-electron chi connectivity index (χ4n) is 7.00. The molecule has 1 N–H and O–H groups in total. The number of nitrogens with zero attached hydrogens (tertiary/aromatic N) is 4. The molecule has 0 radical (unpaired) electrons. The summed E-state index contributed by atoms with van der Waals surface area (Å²) in [6, 6.07) is 7.95. The first-order chi connectivity index (χ1) is 15.6. The predicted octanol–water partition coefficient (Wildman–Crippen LogP) is 3.76. The zero-order chi connectivity index (χ0) is 21.8. The number of benzene rings is 1. The first-order valence-corrected chi connectivity index (χ1v) is 12.1. The number of likely N-dealkylation sites (tertiary alicyclic amines) is 1. The summed E-state index contributed by atoms with van der Waals surface area (Å²) in [5.74, 6) is 1.34. The van der Waals surface area contributed by atoms with Crippen LogP contribution in [-0.4, -0.2) is 57.2 Å². The van der Waals surface area contributed by atoms with Crippen LogP contribution in [0.4, 0.5) is 5.69 Å². The summed E-state index contributed by atoms with van der Waals surface area (Å²) in [5, 5.41) is 21.4. The van der Waals surface area contributed by atoms with Gasteiger partial charge in [0.25, 0.3) is 0 Å². The number of piperidine rings is 3. The van der Waals surface area contributed by atoms with E-state index in [1.54, 1.807) is 18.2 Å². The summed E-state index contributed by atoms with van der Waals surface area (Å²) in [4.78, 5) is 18.4. The van der Waals surface area contributed by atoms with Crippen molar-refractivity contribution in [1.29, 1.82) is 0 Å². The van der Waals surface area contributed by atoms with Gasteiger partial charge in [0.15, 0.2) is 0 Å². The zero-order valence-electron chi connectivity index (χ0n) is 18.4. The normalized spacial score (nSPS) is 29.9. The van der Waals surface area contributed by atoms with Crippen LogP contribution in [0.15, 0.2) is 42.1 Å². The van der Waals surface area contributed by atoms with E-state index < -0.39 is 0 Å². The highest BCUT2D eigenvalue weighted by Gasteiger charge is 2.46. The lowest BCUT2D eigenvalue weighted by molar-refractivity contribution is -0.136. The second kappa shape index (κ2) is 7.90. The number of carbonyl (C=O) groups excluding carboxylic acids is 1. The molecule has 32 heavy (non-hydrogen) atoms. The van der Waals surface area contributed by atoms with E-state index in [4.69, 9.17) is 0 Å². The second-order valence-electron chi connectivity index (χ2n) is 10.0. The molecule has 1 aliphatic carbocycles. The smallest absolute Gasteiger partial charge is 0.243 e. The monoisotopic (exact) mass is 435 g/mol. The van der Waals surface area contributed by atoms with Crippen LogP contribution < -0.4 is 5.23 Å². The molecule has 170 valence electrons. The Labute approximate surface area is 188 Å². The molecule has 4 atom stereocenters. The minimum Gasteiger partial charge on any atom is -0.733 e. The number of aromatic nitrogens is 1. The molecule has 2 aromatic rings. The molecule has 1 amide bonds. The van der Waals surface area contributed by atoms with E-state index in [1.165, 1.54) is 37.8 Å². The van der Waals surface area contributed by atoms with Gasteiger partial charge in [-0.1, -0.05) is 24.1 Å². The Bertz CT molecular complexity index is 1060. The lowest BCUT2D eigenvalue weighted by Gasteiger charge is -2.54. The third kappa shape index (κ3) is 3.26. The summed E-state index contributed by atoms with van der Waals surface area (Å²) in [6.45, 7) is 3.41. The van der Waals surface area contributed by atoms with Gasteiger partial charge in [0.05, 0.1) is 17.2 Å². The van der Waals surface area contributed by atoms with Gasteiger partial charge in [-0.3, -0.25) is 14.9 Å². The highest BCUT2D eigenvalue weighted by molar-refractivity contribution is 5.93. The van der Waals surface area contributed by atoms with Gasteiger partial charge in [-0.25, -0.2) is 0 Å². The van der Waals surface area contributed by atoms with Crippen LogP contribution in [0.3, 0.4) is 0 Å². The Kier molecular flexibility index (Phi) is 5.01. The predicted molar refractivity (Wildman–Crippen MR) is 123 cm³/mol. The second-order valence-corrected chi connectivity index (χ2v) is 10.0. The largest absolute Gasteiger partial charge is 0.733 e. The fourth-order valence-corrected chi connectivity index (χ4v) is 7.00. The number of hydrogen-bond donors (Lipinski definition) is 1. The molecule has 2 bridgehead atoms. The van der Waals surface area contributed by atoms with E-state index in [0.29, 0.717) is 23.3 Å². The minimum atomic E-state index is -0.106. The quantitative estimate of drug-likeness (QED) is 0.587. The first kappa shape index (κ1) is 20.3. The number of amides is 1. The molecular weight excluding hydrogens is 404 g/mol. The van der Waals surface area contributed by atoms with Crippen molar-refractivity contribution in [3.05, 3.63) is 47.3 Å². The molecule has 7 nitrogen and oxygen atoms in total. The van der Waals surface area contributed by atoms with E-state index in [9.17, 15) is 15.2 Å². The third-order valence-electron chi connectivity index (χ3n) is 8.28. The zero-order valence-corrected chi connectivity index (χ0v) is 18.4. The topological polar surface area (TPSA) is 75.0 Å². The van der Waals surface area contributed by atoms with Crippen LogP contribution in [-0.2, 0) is 11.3 Å². The Hall–Kier alpha value is -2.35. The molecule has 0 spiro atoms. The average Bonchev–Trinajstić information content (AvgIpc) is 3.21. The maximum Gasteiger partial charge on any atom is 0.243 e. The van der Waals surface area contributed by atoms with Gasteiger partial charge in [-0.2, -0.15) is 0 Å². The van der Waals surface area contributed by atoms with Crippen molar-refractivity contribution in [2.24, 2.45) is 11.8 Å². The summed E-state index contributed by atoms with van der Waals surface area (Å²) in [6.07, 6.45) is 11.7. The lowest BCUT2D eigenvalue weighted by atomic mass is 9.68. The number of hydrogen-bond acceptors (Lipinski definition) is 5. The summed E-state index contributed by atoms with van der Waals surface area (Å²) in [7, 11) is 0. The molecule has 0 saturated carbocycles. The molecule has 4 unspecified atom stereocenters. The molecule has 4 aliphatic rings. The molecule has 7 heteroatoms. The molecule has 6 rings (SSSR count). The van der Waals surface area contributed by atoms with Crippen molar-refractivity contribution < 1.29 is 10.0 Å². The van der Waals surface area contributed by atoms with E-state index in [2.05, 4.69) is 15.9 Å². The van der Waals surface area contributed by atoms with E-state index in [1.807, 2.05) is 16.8 Å². The number of anilines is 1. The number of rotatable bonds is 3. The highest BCUT2D eigenvalue weighted by atomic mass is 16.8. The Morgan fingerprint density at radius 1 is 1.19 bits per heavy atom. The maximum atomic E-state index is 13.6. The molecular formula is C25H31N4O3-. The highest BCUT2D eigenvalue weighted by Crippen LogP contribution is 2.45. The summed E-state index contributed by atoms with van der Waals surface area (Å²) >= 11 is 0. The van der Waals surface area contributed by atoms with Gasteiger partial charge < -0.3 is 19.9 Å². The Morgan fingerprint density at radius 3 is 2.97 bits per heavy atom. The SMILES string of the molecule is O=C(Cn1ccc2c(N([O-])O)cccc21)N1CCCC2=CC3CC(CN4CCCCC34)C21. The van der Waals surface area contributed by atoms with Crippen LogP contribution in [0, 0.1) is 17.0 Å². The van der Waals surface area contributed by atoms with Crippen LogP contribution in [0.25, 0.3) is 10.9 Å². The summed E-state index contributed by atoms with van der Waals surface area (Å²) < 4.78 is 1.90. The van der Waals surface area contributed by atoms with Crippen molar-refractivity contribution in [3.63, 3.8) is 0 Å². The van der Waals surface area contributed by atoms with Crippen molar-refractivity contribution in [2.75, 3.05) is 24.9 Å². The van der Waals surface area contributed by atoms with Gasteiger partial charge in [0.1, 0.15) is 6.54 Å². The van der Waals surface area contributed by atoms with Crippen LogP contribution in [0.2, 0.25) is 0 Å². The van der Waals surface area contributed by atoms with E-state index in [-0.39, 0.29) is 29.4 Å². The van der Waals surface area contributed by atoms with Crippen molar-refractivity contribution in [2.45, 2.75) is 57.2 Å². The Morgan fingerprint density at radius 2 is 2.09 bits per heavy atom. The molecule has 3 aliphatic heterocycles. The van der Waals surface area contributed by atoms with E-state index >= 15 is 0 Å². The standard InChI is InChI=1S/C25H31N4O3/c30-24(16-27-12-9-20-22(27)7-3-8-23(20)29(31)32)28-11-4-5-17-13-18-14-19(25(17)28)15-26-10-2-1-6-21(18)26/h3,7-9,12-13,18-19,21,25,31H,1-2,4-6,10-11,14-16H2/q-1. The first-order valence-electron chi connectivity index (χ1n) is 12.1. The van der Waals surface area contributed by atoms with Crippen molar-refractivity contribution >= 4 is 22.5 Å². The Balaban J connectivity index is 1.27. The van der Waals surface area contributed by atoms with Crippen LogP contribution in [0.5, 0.6) is 0 Å². The number of fused-ring (bicyclic) bond motifs is 7. The van der Waals surface area contributed by atoms with Gasteiger partial charge in [-0.05, 0) is 68.7 Å². The fraction of sp³-hybridized carbons (Fsp3) is 0.560. The molecule has 1 aromatic carbocycles. The minimum absolute atomic E-state index is 0.106. The maximum absolute atomic E-state index is 13.6. The van der Waals surface area contributed by atoms with Gasteiger partial charge >= 0.3 is 0 Å². The average molecular weight is 436 g/mol. The number of carbonyl (C=O) groups is 1. The molecule has 1 aromatic heterocycles. The summed E-state index contributed by atoms with van der Waals surface area (Å²) in [5.41, 5.74) is 2.49. The van der Waals surface area contributed by atoms with Crippen molar-refractivity contribution in [1.82, 2.24) is 14.4 Å². The van der Waals surface area contributed by atoms with E-state index in [0.717, 1.165) is 31.4 Å². The molecule has 3 saturated heterocycles. The van der Waals surface area contributed by atoms with Crippen LogP contribution >= 0.6 is 0 Å². The third-order valence-corrected chi connectivity index (χ3v) is 8.28. The molecule has 3 fully saturated rings. The lowest BCUT2D eigenvalue weighted by Crippen LogP contribution is -2.60. The molecule has 4 heterocycles.